The normalized spacial score (nSPS) is 17.8. The number of nitrogens with one attached hydrogen (secondary N) is 1. The molecule has 2 aromatic carbocycles. The second kappa shape index (κ2) is 11.3. The second-order valence-corrected chi connectivity index (χ2v) is 10.3. The Morgan fingerprint density at radius 3 is 2.36 bits per heavy atom. The first-order valence-electron chi connectivity index (χ1n) is 13.4. The highest BCUT2D eigenvalue weighted by Crippen LogP contribution is 2.35. The zero-order chi connectivity index (χ0) is 27.5. The van der Waals surface area contributed by atoms with Gasteiger partial charge in [0.25, 0.3) is 5.91 Å². The van der Waals surface area contributed by atoms with Gasteiger partial charge in [0, 0.05) is 36.1 Å². The smallest absolute Gasteiger partial charge is 0.272 e. The summed E-state index contributed by atoms with van der Waals surface area (Å²) in [4.78, 5) is 41.8. The molecule has 204 valence electrons. The molecule has 0 spiro atoms. The molecule has 1 aliphatic heterocycles. The van der Waals surface area contributed by atoms with E-state index in [1.807, 2.05) is 19.1 Å². The molecule has 9 nitrogen and oxygen atoms in total. The van der Waals surface area contributed by atoms with E-state index in [0.717, 1.165) is 32.1 Å². The number of fused-ring (bicyclic) bond motifs is 1. The zero-order valence-electron chi connectivity index (χ0n) is 22.6. The first-order valence-corrected chi connectivity index (χ1v) is 13.4. The highest BCUT2D eigenvalue weighted by atomic mass is 16.6. The predicted octanol–water partition coefficient (Wildman–Crippen LogP) is 4.29. The van der Waals surface area contributed by atoms with Gasteiger partial charge >= 0.3 is 0 Å². The number of nitrogens with zero attached hydrogens (tertiary/aromatic N) is 3. The number of carbonyl (C=O) groups excluding carboxylic acids is 3. The number of rotatable bonds is 7. The minimum Gasteiger partial charge on any atom is -0.485 e. The number of ether oxygens (including phenoxy) is 2. The minimum absolute atomic E-state index is 0.000855. The Morgan fingerprint density at radius 1 is 1.03 bits per heavy atom. The average Bonchev–Trinajstić information content (AvgIpc) is 3.28. The van der Waals surface area contributed by atoms with Crippen molar-refractivity contribution in [3.8, 4) is 11.5 Å². The van der Waals surface area contributed by atoms with Crippen LogP contribution in [0.25, 0.3) is 0 Å². The van der Waals surface area contributed by atoms with Crippen LogP contribution in [0.15, 0.2) is 54.7 Å². The van der Waals surface area contributed by atoms with Gasteiger partial charge < -0.3 is 14.8 Å². The molecule has 5 rings (SSSR count). The Hall–Kier alpha value is -4.14. The van der Waals surface area contributed by atoms with Crippen LogP contribution in [0.4, 0.5) is 5.69 Å². The van der Waals surface area contributed by atoms with E-state index in [4.69, 9.17) is 9.47 Å². The van der Waals surface area contributed by atoms with Gasteiger partial charge in [0.2, 0.25) is 12.0 Å². The van der Waals surface area contributed by atoms with Crippen LogP contribution in [0.1, 0.15) is 66.7 Å². The first-order chi connectivity index (χ1) is 18.8. The van der Waals surface area contributed by atoms with Crippen molar-refractivity contribution in [1.82, 2.24) is 15.1 Å². The number of hydrogen-bond acceptors (Lipinski definition) is 6. The molecule has 0 saturated heterocycles. The van der Waals surface area contributed by atoms with Gasteiger partial charge in [-0.15, -0.1) is 0 Å². The number of aromatic nitrogens is 2. The third-order valence-corrected chi connectivity index (χ3v) is 7.38. The Morgan fingerprint density at radius 2 is 1.72 bits per heavy atom. The molecular weight excluding hydrogens is 496 g/mol. The van der Waals surface area contributed by atoms with Crippen LogP contribution in [0.2, 0.25) is 0 Å². The standard InChI is InChI=1S/C30H34N4O5/c1-19-24(17-33(3)32-19)28(29(36)31-22-9-5-4-6-10-22)34(23-15-13-21(14-16-23)20(2)35)30(37)27-18-38-25-11-7-8-12-26(25)39-27/h7-8,11-17,22,27-28H,4-6,9-10,18H2,1-3H3,(H,31,36)/t27-,28+/m0/s1. The fourth-order valence-corrected chi connectivity index (χ4v) is 5.37. The molecule has 1 aromatic heterocycles. The Kier molecular flexibility index (Phi) is 7.67. The number of ketones is 1. The molecule has 1 N–H and O–H groups in total. The maximum atomic E-state index is 14.3. The summed E-state index contributed by atoms with van der Waals surface area (Å²) in [6.07, 6.45) is 5.88. The molecule has 39 heavy (non-hydrogen) atoms. The summed E-state index contributed by atoms with van der Waals surface area (Å²) in [6.45, 7) is 3.32. The summed E-state index contributed by atoms with van der Waals surface area (Å²) in [5.41, 5.74) is 2.25. The number of Topliss-reactive ketones (excluding diaryl/α,β-unsaturated/α-hetero) is 1. The largest absolute Gasteiger partial charge is 0.485 e. The average molecular weight is 531 g/mol. The Bertz CT molecular complexity index is 1360. The van der Waals surface area contributed by atoms with Gasteiger partial charge in [-0.05, 0) is 63.1 Å². The minimum atomic E-state index is -1.00. The Balaban J connectivity index is 1.57. The van der Waals surface area contributed by atoms with Gasteiger partial charge in [-0.1, -0.05) is 31.4 Å². The lowest BCUT2D eigenvalue weighted by Crippen LogP contribution is -2.52. The maximum Gasteiger partial charge on any atom is 0.272 e. The highest BCUT2D eigenvalue weighted by molar-refractivity contribution is 6.04. The number of amides is 2. The van der Waals surface area contributed by atoms with Crippen molar-refractivity contribution in [2.75, 3.05) is 11.5 Å². The molecule has 2 atom stereocenters. The number of carbonyl (C=O) groups is 3. The molecule has 3 aromatic rings. The van der Waals surface area contributed by atoms with Gasteiger partial charge in [-0.2, -0.15) is 5.10 Å². The van der Waals surface area contributed by atoms with Crippen molar-refractivity contribution >= 4 is 23.3 Å². The molecule has 1 fully saturated rings. The monoisotopic (exact) mass is 530 g/mol. The number of hydrogen-bond donors (Lipinski definition) is 1. The third kappa shape index (κ3) is 5.67. The fraction of sp³-hybridized carbons (Fsp3) is 0.400. The first kappa shape index (κ1) is 26.5. The quantitative estimate of drug-likeness (QED) is 0.457. The number of aryl methyl sites for hydroxylation is 2. The van der Waals surface area contributed by atoms with E-state index >= 15 is 0 Å². The molecule has 2 aliphatic rings. The maximum absolute atomic E-state index is 14.3. The van der Waals surface area contributed by atoms with E-state index < -0.39 is 18.1 Å². The predicted molar refractivity (Wildman–Crippen MR) is 146 cm³/mol. The van der Waals surface area contributed by atoms with Crippen molar-refractivity contribution in [1.29, 1.82) is 0 Å². The van der Waals surface area contributed by atoms with Crippen LogP contribution >= 0.6 is 0 Å². The van der Waals surface area contributed by atoms with Crippen molar-refractivity contribution in [3.63, 3.8) is 0 Å². The lowest BCUT2D eigenvalue weighted by atomic mass is 9.94. The van der Waals surface area contributed by atoms with Gasteiger partial charge in [0.15, 0.2) is 17.3 Å². The molecule has 1 saturated carbocycles. The summed E-state index contributed by atoms with van der Waals surface area (Å²) in [7, 11) is 1.79. The van der Waals surface area contributed by atoms with Gasteiger partial charge in [-0.3, -0.25) is 24.0 Å². The molecule has 0 bridgehead atoms. The molecular formula is C30H34N4O5. The van der Waals surface area contributed by atoms with Crippen LogP contribution in [-0.4, -0.2) is 46.1 Å². The third-order valence-electron chi connectivity index (χ3n) is 7.38. The van der Waals surface area contributed by atoms with E-state index in [2.05, 4.69) is 10.4 Å². The van der Waals surface area contributed by atoms with Crippen molar-refractivity contribution in [2.45, 2.75) is 64.1 Å². The lowest BCUT2D eigenvalue weighted by molar-refractivity contribution is -0.132. The highest BCUT2D eigenvalue weighted by Gasteiger charge is 2.41. The summed E-state index contributed by atoms with van der Waals surface area (Å²) >= 11 is 0. The van der Waals surface area contributed by atoms with Crippen molar-refractivity contribution in [2.24, 2.45) is 7.05 Å². The van der Waals surface area contributed by atoms with Crippen LogP contribution in [-0.2, 0) is 16.6 Å². The van der Waals surface area contributed by atoms with E-state index in [9.17, 15) is 14.4 Å². The van der Waals surface area contributed by atoms with Crippen LogP contribution in [0, 0.1) is 6.92 Å². The summed E-state index contributed by atoms with van der Waals surface area (Å²) in [6, 6.07) is 12.9. The second-order valence-electron chi connectivity index (χ2n) is 10.3. The molecule has 2 amide bonds. The van der Waals surface area contributed by atoms with Crippen molar-refractivity contribution in [3.05, 3.63) is 71.5 Å². The summed E-state index contributed by atoms with van der Waals surface area (Å²) in [5.74, 6) is 0.240. The van der Waals surface area contributed by atoms with Crippen LogP contribution in [0.5, 0.6) is 11.5 Å². The van der Waals surface area contributed by atoms with Crippen LogP contribution in [0.3, 0.4) is 0 Å². The SMILES string of the molecule is CC(=O)c1ccc(N(C(=O)[C@@H]2COc3ccccc3O2)[C@@H](C(=O)NC2CCCCC2)c2cn(C)nc2C)cc1. The Labute approximate surface area is 228 Å². The lowest BCUT2D eigenvalue weighted by Gasteiger charge is -2.36. The summed E-state index contributed by atoms with van der Waals surface area (Å²) < 4.78 is 13.6. The van der Waals surface area contributed by atoms with E-state index in [-0.39, 0.29) is 24.3 Å². The van der Waals surface area contributed by atoms with Gasteiger partial charge in [0.05, 0.1) is 5.69 Å². The number of benzene rings is 2. The van der Waals surface area contributed by atoms with E-state index in [1.165, 1.54) is 11.8 Å². The molecule has 2 heterocycles. The van der Waals surface area contributed by atoms with Gasteiger partial charge in [-0.25, -0.2) is 0 Å². The molecule has 0 unspecified atom stereocenters. The van der Waals surface area contributed by atoms with Crippen molar-refractivity contribution < 1.29 is 23.9 Å². The molecule has 1 aliphatic carbocycles. The number of anilines is 1. The van der Waals surface area contributed by atoms with Crippen LogP contribution < -0.4 is 19.7 Å². The van der Waals surface area contributed by atoms with E-state index in [1.54, 1.807) is 54.3 Å². The zero-order valence-corrected chi connectivity index (χ0v) is 22.6. The van der Waals surface area contributed by atoms with E-state index in [0.29, 0.717) is 34.0 Å². The summed E-state index contributed by atoms with van der Waals surface area (Å²) in [5, 5.41) is 7.69. The molecule has 0 radical (unpaired) electrons. The fourth-order valence-electron chi connectivity index (χ4n) is 5.37. The topological polar surface area (TPSA) is 103 Å². The molecule has 9 heteroatoms. The van der Waals surface area contributed by atoms with Gasteiger partial charge in [0.1, 0.15) is 12.6 Å². The number of para-hydroxylation sites is 2.